The van der Waals surface area contributed by atoms with E-state index in [0.717, 1.165) is 38.0 Å². The minimum Gasteiger partial charge on any atom is -0.373 e. The van der Waals surface area contributed by atoms with Gasteiger partial charge in [0, 0.05) is 18.3 Å². The van der Waals surface area contributed by atoms with E-state index in [1.165, 1.54) is 23.1 Å². The Balaban J connectivity index is 1.15. The predicted molar refractivity (Wildman–Crippen MR) is 151 cm³/mol. The van der Waals surface area contributed by atoms with Crippen molar-refractivity contribution in [1.82, 2.24) is 4.90 Å². The Morgan fingerprint density at radius 2 is 1.61 bits per heavy atom. The number of ether oxygens (including phenoxy) is 1. The number of nitrogens with zero attached hydrogens (tertiary/aromatic N) is 2. The van der Waals surface area contributed by atoms with Crippen molar-refractivity contribution in [2.24, 2.45) is 17.8 Å². The average molecular weight is 507 g/mol. The molecule has 0 radical (unpaired) electrons. The van der Waals surface area contributed by atoms with E-state index in [-0.39, 0.29) is 6.04 Å². The molecule has 38 heavy (non-hydrogen) atoms. The van der Waals surface area contributed by atoms with Gasteiger partial charge in [-0.2, -0.15) is 0 Å². The summed E-state index contributed by atoms with van der Waals surface area (Å²) in [7, 11) is 0. The third-order valence-electron chi connectivity index (χ3n) is 10.2. The summed E-state index contributed by atoms with van der Waals surface area (Å²) in [6, 6.07) is 29.9. The molecule has 0 bridgehead atoms. The van der Waals surface area contributed by atoms with Crippen LogP contribution in [0.5, 0.6) is 0 Å². The lowest BCUT2D eigenvalue weighted by atomic mass is 9.62. The Bertz CT molecular complexity index is 1290. The van der Waals surface area contributed by atoms with Crippen molar-refractivity contribution in [2.75, 3.05) is 18.0 Å². The fraction of sp³-hybridized carbons (Fsp3) is 0.441. The lowest BCUT2D eigenvalue weighted by Crippen LogP contribution is -2.57. The maximum atomic E-state index is 14.5. The SMILES string of the molecule is C[C@@H]1[C@H]2C[C@@H]3N(CC[C@@]34C(=O)N(Cc3ccccc3)c3ccccc34)C[C@@H]2CC[C@@H]1OCc1ccccc1. The minimum atomic E-state index is -0.423. The fourth-order valence-electron chi connectivity index (χ4n) is 8.33. The zero-order chi connectivity index (χ0) is 25.7. The molecule has 196 valence electrons. The standard InChI is InChI=1S/C34H38N2O2/c1-24-28-20-32-34(29-14-8-9-15-30(29)36(33(34)37)21-25-10-4-2-5-11-25)18-19-35(32)22-27(28)16-17-31(24)38-23-26-12-6-3-7-13-26/h2-15,24,27-28,31-32H,16-23H2,1H3/t24-,27+,28-,31+,32+,34+/m1/s1. The fourth-order valence-corrected chi connectivity index (χ4v) is 8.33. The van der Waals surface area contributed by atoms with Crippen LogP contribution >= 0.6 is 0 Å². The van der Waals surface area contributed by atoms with Gasteiger partial charge in [0.25, 0.3) is 0 Å². The average Bonchev–Trinajstić information content (AvgIpc) is 3.45. The molecule has 1 amide bonds. The first-order valence-electron chi connectivity index (χ1n) is 14.5. The van der Waals surface area contributed by atoms with Gasteiger partial charge in [0.2, 0.25) is 5.91 Å². The molecule has 1 aliphatic carbocycles. The molecule has 0 unspecified atom stereocenters. The Hall–Kier alpha value is -2.95. The summed E-state index contributed by atoms with van der Waals surface area (Å²) in [5, 5.41) is 0. The predicted octanol–water partition coefficient (Wildman–Crippen LogP) is 6.20. The first-order valence-corrected chi connectivity index (χ1v) is 14.5. The van der Waals surface area contributed by atoms with E-state index in [0.29, 0.717) is 42.9 Å². The topological polar surface area (TPSA) is 32.8 Å². The zero-order valence-electron chi connectivity index (χ0n) is 22.3. The summed E-state index contributed by atoms with van der Waals surface area (Å²) in [5.74, 6) is 2.13. The third-order valence-corrected chi connectivity index (χ3v) is 10.2. The van der Waals surface area contributed by atoms with Crippen LogP contribution in [0.3, 0.4) is 0 Å². The van der Waals surface area contributed by atoms with Crippen molar-refractivity contribution in [2.45, 2.75) is 63.3 Å². The highest BCUT2D eigenvalue weighted by Gasteiger charge is 2.62. The van der Waals surface area contributed by atoms with Crippen molar-refractivity contribution in [3.8, 4) is 0 Å². The van der Waals surface area contributed by atoms with Crippen LogP contribution in [0.15, 0.2) is 84.9 Å². The smallest absolute Gasteiger partial charge is 0.239 e. The molecule has 1 saturated carbocycles. The van der Waals surface area contributed by atoms with Gasteiger partial charge in [0.15, 0.2) is 0 Å². The lowest BCUT2D eigenvalue weighted by molar-refractivity contribution is -0.126. The molecule has 3 aliphatic heterocycles. The zero-order valence-corrected chi connectivity index (χ0v) is 22.3. The van der Waals surface area contributed by atoms with E-state index in [4.69, 9.17) is 4.74 Å². The molecule has 0 N–H and O–H groups in total. The Morgan fingerprint density at radius 3 is 2.39 bits per heavy atom. The number of benzene rings is 3. The number of anilines is 1. The molecule has 3 fully saturated rings. The molecule has 4 heteroatoms. The maximum absolute atomic E-state index is 14.5. The molecular formula is C34H38N2O2. The van der Waals surface area contributed by atoms with Crippen molar-refractivity contribution < 1.29 is 9.53 Å². The van der Waals surface area contributed by atoms with Crippen molar-refractivity contribution >= 4 is 11.6 Å². The van der Waals surface area contributed by atoms with Gasteiger partial charge in [-0.25, -0.2) is 0 Å². The molecule has 3 aromatic rings. The Kier molecular flexibility index (Phi) is 6.13. The number of carbonyl (C=O) groups excluding carboxylic acids is 1. The van der Waals surface area contributed by atoms with Crippen molar-refractivity contribution in [1.29, 1.82) is 0 Å². The van der Waals surface area contributed by atoms with Crippen LogP contribution < -0.4 is 4.90 Å². The van der Waals surface area contributed by atoms with Gasteiger partial charge in [-0.3, -0.25) is 9.69 Å². The van der Waals surface area contributed by atoms with E-state index < -0.39 is 5.41 Å². The highest BCUT2D eigenvalue weighted by Crippen LogP contribution is 2.56. The van der Waals surface area contributed by atoms with Crippen molar-refractivity contribution in [3.63, 3.8) is 0 Å². The second-order valence-electron chi connectivity index (χ2n) is 12.1. The summed E-state index contributed by atoms with van der Waals surface area (Å²) in [6.45, 7) is 5.89. The largest absolute Gasteiger partial charge is 0.373 e. The number of fused-ring (bicyclic) bond motifs is 5. The summed E-state index contributed by atoms with van der Waals surface area (Å²) >= 11 is 0. The molecule has 4 nitrogen and oxygen atoms in total. The number of carbonyl (C=O) groups is 1. The van der Waals surface area contributed by atoms with Gasteiger partial charge < -0.3 is 9.64 Å². The van der Waals surface area contributed by atoms with Crippen LogP contribution in [0.1, 0.15) is 49.3 Å². The van der Waals surface area contributed by atoms with Crippen LogP contribution in [0.2, 0.25) is 0 Å². The number of rotatable bonds is 5. The Morgan fingerprint density at radius 1 is 0.895 bits per heavy atom. The van der Waals surface area contributed by atoms with Crippen LogP contribution in [0.4, 0.5) is 5.69 Å². The number of amides is 1. The van der Waals surface area contributed by atoms with E-state index in [2.05, 4.69) is 95.6 Å². The summed E-state index contributed by atoms with van der Waals surface area (Å²) in [6.07, 6.45) is 4.69. The molecule has 1 spiro atoms. The van der Waals surface area contributed by atoms with Gasteiger partial charge >= 0.3 is 0 Å². The molecule has 7 rings (SSSR count). The highest BCUT2D eigenvalue weighted by molar-refractivity contribution is 6.09. The molecular weight excluding hydrogens is 468 g/mol. The van der Waals surface area contributed by atoms with Crippen molar-refractivity contribution in [3.05, 3.63) is 102 Å². The van der Waals surface area contributed by atoms with E-state index in [9.17, 15) is 4.79 Å². The monoisotopic (exact) mass is 506 g/mol. The van der Waals surface area contributed by atoms with Gasteiger partial charge in [-0.15, -0.1) is 0 Å². The van der Waals surface area contributed by atoms with Crippen LogP contribution in [-0.2, 0) is 28.1 Å². The molecule has 0 aromatic heterocycles. The van der Waals surface area contributed by atoms with E-state index in [1.54, 1.807) is 0 Å². The van der Waals surface area contributed by atoms with Crippen LogP contribution in [0.25, 0.3) is 0 Å². The van der Waals surface area contributed by atoms with Crippen LogP contribution in [0, 0.1) is 17.8 Å². The molecule has 2 saturated heterocycles. The number of para-hydroxylation sites is 1. The highest BCUT2D eigenvalue weighted by atomic mass is 16.5. The van der Waals surface area contributed by atoms with Gasteiger partial charge in [0.05, 0.1) is 24.7 Å². The third kappa shape index (κ3) is 3.84. The minimum absolute atomic E-state index is 0.272. The van der Waals surface area contributed by atoms with Gasteiger partial charge in [-0.1, -0.05) is 85.8 Å². The normalized spacial score (nSPS) is 32.3. The summed E-state index contributed by atoms with van der Waals surface area (Å²) < 4.78 is 6.53. The van der Waals surface area contributed by atoms with Gasteiger partial charge in [0.1, 0.15) is 0 Å². The Labute approximate surface area is 226 Å². The quantitative estimate of drug-likeness (QED) is 0.413. The second kappa shape index (κ2) is 9.66. The molecule has 4 aliphatic rings. The second-order valence-corrected chi connectivity index (χ2v) is 12.1. The van der Waals surface area contributed by atoms with Crippen LogP contribution in [-0.4, -0.2) is 36.0 Å². The van der Waals surface area contributed by atoms with E-state index in [1.807, 2.05) is 6.07 Å². The number of hydrogen-bond donors (Lipinski definition) is 0. The lowest BCUT2D eigenvalue weighted by Gasteiger charge is -2.51. The molecule has 3 aromatic carbocycles. The van der Waals surface area contributed by atoms with Gasteiger partial charge in [-0.05, 0) is 72.7 Å². The molecule has 3 heterocycles. The van der Waals surface area contributed by atoms with E-state index >= 15 is 0 Å². The summed E-state index contributed by atoms with van der Waals surface area (Å²) in [5.41, 5.74) is 4.38. The first-order chi connectivity index (χ1) is 18.6. The molecule has 6 atom stereocenters. The first kappa shape index (κ1) is 24.1. The number of piperidine rings is 1. The maximum Gasteiger partial charge on any atom is 0.239 e. The number of hydrogen-bond acceptors (Lipinski definition) is 3. The summed E-state index contributed by atoms with van der Waals surface area (Å²) in [4.78, 5) is 19.2.